The van der Waals surface area contributed by atoms with E-state index in [9.17, 15) is 0 Å². The number of rotatable bonds is 4. The second kappa shape index (κ2) is 5.09. The largest absolute Gasteiger partial charge is 0.475 e. The van der Waals surface area contributed by atoms with Crippen LogP contribution >= 0.6 is 0 Å². The molecule has 0 bridgehead atoms. The average molecular weight is 221 g/mol. The van der Waals surface area contributed by atoms with Gasteiger partial charge in [0.05, 0.1) is 0 Å². The number of ether oxygens (including phenoxy) is 3. The van der Waals surface area contributed by atoms with Crippen molar-refractivity contribution in [3.05, 3.63) is 35.9 Å². The average Bonchev–Trinajstić information content (AvgIpc) is 2.81. The van der Waals surface area contributed by atoms with Crippen molar-refractivity contribution in [2.75, 3.05) is 20.8 Å². The van der Waals surface area contributed by atoms with Gasteiger partial charge in [0.15, 0.2) is 6.29 Å². The van der Waals surface area contributed by atoms with Crippen molar-refractivity contribution >= 4 is 5.90 Å². The molecule has 1 atom stereocenters. The molecule has 0 N–H and O–H groups in total. The molecule has 0 radical (unpaired) electrons. The highest BCUT2D eigenvalue weighted by Crippen LogP contribution is 2.16. The van der Waals surface area contributed by atoms with E-state index in [1.54, 1.807) is 14.2 Å². The summed E-state index contributed by atoms with van der Waals surface area (Å²) >= 11 is 0. The van der Waals surface area contributed by atoms with Crippen molar-refractivity contribution in [3.63, 3.8) is 0 Å². The Morgan fingerprint density at radius 3 is 2.56 bits per heavy atom. The molecule has 86 valence electrons. The number of nitrogens with zero attached hydrogens (tertiary/aromatic N) is 1. The van der Waals surface area contributed by atoms with Gasteiger partial charge in [-0.05, 0) is 12.1 Å². The predicted octanol–water partition coefficient (Wildman–Crippen LogP) is 1.45. The Hall–Kier alpha value is -1.39. The number of hydrogen-bond donors (Lipinski definition) is 0. The van der Waals surface area contributed by atoms with Crippen molar-refractivity contribution in [2.24, 2.45) is 4.99 Å². The molecule has 1 aliphatic heterocycles. The fourth-order valence-corrected chi connectivity index (χ4v) is 1.68. The van der Waals surface area contributed by atoms with Crippen LogP contribution < -0.4 is 0 Å². The highest BCUT2D eigenvalue weighted by atomic mass is 16.7. The topological polar surface area (TPSA) is 40.0 Å². The second-order valence-corrected chi connectivity index (χ2v) is 3.52. The molecule has 0 amide bonds. The summed E-state index contributed by atoms with van der Waals surface area (Å²) in [5.74, 6) is 0.657. The van der Waals surface area contributed by atoms with Crippen LogP contribution in [0.4, 0.5) is 0 Å². The van der Waals surface area contributed by atoms with Crippen LogP contribution in [0.2, 0.25) is 0 Å². The van der Waals surface area contributed by atoms with Gasteiger partial charge in [-0.2, -0.15) is 0 Å². The van der Waals surface area contributed by atoms with Gasteiger partial charge in [-0.25, -0.2) is 4.99 Å². The Morgan fingerprint density at radius 2 is 1.94 bits per heavy atom. The first-order valence-corrected chi connectivity index (χ1v) is 5.16. The van der Waals surface area contributed by atoms with Crippen molar-refractivity contribution in [1.82, 2.24) is 0 Å². The first-order chi connectivity index (χ1) is 7.85. The third-order valence-corrected chi connectivity index (χ3v) is 2.47. The summed E-state index contributed by atoms with van der Waals surface area (Å²) in [5, 5.41) is 0. The summed E-state index contributed by atoms with van der Waals surface area (Å²) in [6, 6.07) is 9.72. The van der Waals surface area contributed by atoms with E-state index in [2.05, 4.69) is 4.99 Å². The maximum atomic E-state index is 5.53. The lowest BCUT2D eigenvalue weighted by molar-refractivity contribution is -0.117. The molecular formula is C12H15NO3. The minimum Gasteiger partial charge on any atom is -0.475 e. The van der Waals surface area contributed by atoms with E-state index in [0.29, 0.717) is 12.5 Å². The van der Waals surface area contributed by atoms with Crippen LogP contribution in [-0.2, 0) is 14.2 Å². The molecule has 4 heteroatoms. The monoisotopic (exact) mass is 221 g/mol. The number of methoxy groups -OCH3 is 2. The van der Waals surface area contributed by atoms with Crippen LogP contribution in [0.1, 0.15) is 5.56 Å². The smallest absolute Gasteiger partial charge is 0.216 e. The summed E-state index contributed by atoms with van der Waals surface area (Å²) in [5.41, 5.74) is 0.982. The number of benzene rings is 1. The molecule has 1 aliphatic rings. The van der Waals surface area contributed by atoms with E-state index in [0.717, 1.165) is 5.56 Å². The van der Waals surface area contributed by atoms with Gasteiger partial charge in [-0.1, -0.05) is 18.2 Å². The summed E-state index contributed by atoms with van der Waals surface area (Å²) in [4.78, 5) is 4.44. The molecule has 1 aromatic carbocycles. The van der Waals surface area contributed by atoms with Gasteiger partial charge in [0.2, 0.25) is 5.90 Å². The standard InChI is InChI=1S/C12H15NO3/c1-14-12(15-2)10-8-16-11(13-10)9-6-4-3-5-7-9/h3-7,10,12H,8H2,1-2H3. The Balaban J connectivity index is 2.12. The molecule has 1 heterocycles. The molecule has 0 saturated carbocycles. The highest BCUT2D eigenvalue weighted by molar-refractivity contribution is 5.95. The molecule has 1 unspecified atom stereocenters. The molecule has 0 fully saturated rings. The Labute approximate surface area is 94.9 Å². The van der Waals surface area contributed by atoms with Crippen molar-refractivity contribution in [1.29, 1.82) is 0 Å². The molecular weight excluding hydrogens is 206 g/mol. The van der Waals surface area contributed by atoms with E-state index in [1.807, 2.05) is 30.3 Å². The summed E-state index contributed by atoms with van der Waals surface area (Å²) in [7, 11) is 3.20. The third-order valence-electron chi connectivity index (χ3n) is 2.47. The number of hydrogen-bond acceptors (Lipinski definition) is 4. The van der Waals surface area contributed by atoms with E-state index in [-0.39, 0.29) is 12.3 Å². The van der Waals surface area contributed by atoms with Crippen molar-refractivity contribution in [3.8, 4) is 0 Å². The predicted molar refractivity (Wildman–Crippen MR) is 60.5 cm³/mol. The first-order valence-electron chi connectivity index (χ1n) is 5.16. The Kier molecular flexibility index (Phi) is 3.54. The van der Waals surface area contributed by atoms with Crippen LogP contribution in [0.15, 0.2) is 35.3 Å². The lowest BCUT2D eigenvalue weighted by Gasteiger charge is -2.15. The zero-order valence-corrected chi connectivity index (χ0v) is 9.42. The quantitative estimate of drug-likeness (QED) is 0.722. The van der Waals surface area contributed by atoms with Gasteiger partial charge in [0.25, 0.3) is 0 Å². The maximum Gasteiger partial charge on any atom is 0.216 e. The SMILES string of the molecule is COC(OC)C1COC(c2ccccc2)=N1. The molecule has 16 heavy (non-hydrogen) atoms. The van der Waals surface area contributed by atoms with E-state index in [1.165, 1.54) is 0 Å². The van der Waals surface area contributed by atoms with Crippen LogP contribution in [0.25, 0.3) is 0 Å². The van der Waals surface area contributed by atoms with Crippen LogP contribution in [0.3, 0.4) is 0 Å². The third kappa shape index (κ3) is 2.23. The van der Waals surface area contributed by atoms with E-state index in [4.69, 9.17) is 14.2 Å². The van der Waals surface area contributed by atoms with Gasteiger partial charge in [-0.15, -0.1) is 0 Å². The van der Waals surface area contributed by atoms with Crippen LogP contribution in [0, 0.1) is 0 Å². The highest BCUT2D eigenvalue weighted by Gasteiger charge is 2.27. The summed E-state index contributed by atoms with van der Waals surface area (Å²) in [6.45, 7) is 0.497. The van der Waals surface area contributed by atoms with Crippen LogP contribution in [-0.4, -0.2) is 39.1 Å². The lowest BCUT2D eigenvalue weighted by Crippen LogP contribution is -2.29. The number of aliphatic imine (C=N–C) groups is 1. The van der Waals surface area contributed by atoms with E-state index >= 15 is 0 Å². The van der Waals surface area contributed by atoms with Gasteiger partial charge in [-0.3, -0.25) is 0 Å². The van der Waals surface area contributed by atoms with Gasteiger partial charge in [0, 0.05) is 19.8 Å². The normalized spacial score (nSPS) is 19.7. The second-order valence-electron chi connectivity index (χ2n) is 3.52. The first kappa shape index (κ1) is 11.1. The van der Waals surface area contributed by atoms with Gasteiger partial charge in [0.1, 0.15) is 12.6 Å². The lowest BCUT2D eigenvalue weighted by atomic mass is 10.2. The summed E-state index contributed by atoms with van der Waals surface area (Å²) < 4.78 is 15.8. The van der Waals surface area contributed by atoms with Gasteiger partial charge < -0.3 is 14.2 Å². The Bertz CT molecular complexity index is 360. The maximum absolute atomic E-state index is 5.53. The van der Waals surface area contributed by atoms with Crippen molar-refractivity contribution in [2.45, 2.75) is 12.3 Å². The summed E-state index contributed by atoms with van der Waals surface area (Å²) in [6.07, 6.45) is -0.346. The van der Waals surface area contributed by atoms with Gasteiger partial charge >= 0.3 is 0 Å². The zero-order valence-electron chi connectivity index (χ0n) is 9.42. The van der Waals surface area contributed by atoms with E-state index < -0.39 is 0 Å². The molecule has 0 saturated heterocycles. The fourth-order valence-electron chi connectivity index (χ4n) is 1.68. The molecule has 2 rings (SSSR count). The minimum absolute atomic E-state index is 0.0924. The zero-order chi connectivity index (χ0) is 11.4. The molecule has 4 nitrogen and oxygen atoms in total. The van der Waals surface area contributed by atoms with Crippen LogP contribution in [0.5, 0.6) is 0 Å². The molecule has 1 aromatic rings. The molecule has 0 aromatic heterocycles. The minimum atomic E-state index is -0.346. The van der Waals surface area contributed by atoms with Crippen molar-refractivity contribution < 1.29 is 14.2 Å². The Morgan fingerprint density at radius 1 is 1.25 bits per heavy atom. The fraction of sp³-hybridized carbons (Fsp3) is 0.417. The molecule has 0 spiro atoms. The molecule has 0 aliphatic carbocycles.